The van der Waals surface area contributed by atoms with Gasteiger partial charge < -0.3 is 4.74 Å². The van der Waals surface area contributed by atoms with Gasteiger partial charge in [-0.25, -0.2) is 0 Å². The summed E-state index contributed by atoms with van der Waals surface area (Å²) >= 11 is 0. The maximum atomic E-state index is 12.9. The van der Waals surface area contributed by atoms with Crippen LogP contribution in [0.4, 0.5) is 0 Å². The Kier molecular flexibility index (Phi) is 8.40. The van der Waals surface area contributed by atoms with Crippen molar-refractivity contribution in [1.82, 2.24) is 0 Å². The molecule has 0 aliphatic heterocycles. The van der Waals surface area contributed by atoms with E-state index >= 15 is 0 Å². The molecule has 0 N–H and O–H groups in total. The molecule has 200 valence electrons. The van der Waals surface area contributed by atoms with Crippen LogP contribution in [0.25, 0.3) is 0 Å². The Labute approximate surface area is 216 Å². The fraction of sp³-hybridized carbons (Fsp3) is 0.875. The van der Waals surface area contributed by atoms with E-state index in [9.17, 15) is 9.59 Å². The minimum atomic E-state index is -0.181. The summed E-state index contributed by atoms with van der Waals surface area (Å²) in [4.78, 5) is 25.7. The topological polar surface area (TPSA) is 43.4 Å². The van der Waals surface area contributed by atoms with Gasteiger partial charge in [0.15, 0.2) is 0 Å². The summed E-state index contributed by atoms with van der Waals surface area (Å²) < 4.78 is 5.35. The van der Waals surface area contributed by atoms with Crippen LogP contribution in [0.15, 0.2) is 12.7 Å². The molecule has 0 radical (unpaired) electrons. The van der Waals surface area contributed by atoms with Crippen LogP contribution < -0.4 is 0 Å². The molecule has 0 aromatic carbocycles. The van der Waals surface area contributed by atoms with E-state index < -0.39 is 0 Å². The van der Waals surface area contributed by atoms with Gasteiger partial charge in [0, 0.05) is 11.8 Å². The van der Waals surface area contributed by atoms with Crippen molar-refractivity contribution in [2.75, 3.05) is 7.11 Å². The monoisotopic (exact) mass is 486 g/mol. The van der Waals surface area contributed by atoms with Crippen molar-refractivity contribution in [1.29, 1.82) is 0 Å². The second-order valence-corrected chi connectivity index (χ2v) is 13.2. The summed E-state index contributed by atoms with van der Waals surface area (Å²) in [6.45, 7) is 18.9. The van der Waals surface area contributed by atoms with Crippen molar-refractivity contribution in [2.45, 2.75) is 119 Å². The molecule has 8 atom stereocenters. The Hall–Kier alpha value is -1.12. The zero-order valence-corrected chi connectivity index (χ0v) is 24.2. The number of ether oxygens (including phenoxy) is 1. The van der Waals surface area contributed by atoms with Crippen LogP contribution in [0.1, 0.15) is 119 Å². The highest BCUT2D eigenvalue weighted by Crippen LogP contribution is 2.72. The Morgan fingerprint density at radius 1 is 0.886 bits per heavy atom. The van der Waals surface area contributed by atoms with Crippen molar-refractivity contribution < 1.29 is 14.3 Å². The third-order valence-corrected chi connectivity index (χ3v) is 11.9. The SMILES string of the molecule is C=CC.CC.COC(=O)C12CCCC1C1CCC3C(C)(CCC4C(C)(C)C(=O)CCC43C)C1CC2. The van der Waals surface area contributed by atoms with E-state index in [1.165, 1.54) is 44.9 Å². The van der Waals surface area contributed by atoms with E-state index in [1.807, 2.05) is 20.8 Å². The summed E-state index contributed by atoms with van der Waals surface area (Å²) in [5.41, 5.74) is 0.320. The fourth-order valence-electron chi connectivity index (χ4n) is 10.6. The van der Waals surface area contributed by atoms with Gasteiger partial charge in [-0.2, -0.15) is 0 Å². The highest BCUT2D eigenvalue weighted by atomic mass is 16.5. The van der Waals surface area contributed by atoms with Crippen LogP contribution in [-0.2, 0) is 14.3 Å². The second-order valence-electron chi connectivity index (χ2n) is 13.2. The number of rotatable bonds is 1. The van der Waals surface area contributed by atoms with Gasteiger partial charge in [0.2, 0.25) is 0 Å². The highest BCUT2D eigenvalue weighted by molar-refractivity contribution is 5.85. The van der Waals surface area contributed by atoms with Crippen LogP contribution >= 0.6 is 0 Å². The van der Waals surface area contributed by atoms with Crippen LogP contribution in [0.3, 0.4) is 0 Å². The maximum absolute atomic E-state index is 12.9. The number of methoxy groups -OCH3 is 1. The highest BCUT2D eigenvalue weighted by Gasteiger charge is 2.67. The molecule has 5 saturated carbocycles. The van der Waals surface area contributed by atoms with Crippen LogP contribution in [-0.4, -0.2) is 18.9 Å². The average Bonchev–Trinajstić information content (AvgIpc) is 3.28. The number of Topliss-reactive ketones (excluding diaryl/α,β-unsaturated/α-hetero) is 1. The van der Waals surface area contributed by atoms with Crippen LogP contribution in [0.2, 0.25) is 0 Å². The third kappa shape index (κ3) is 4.15. The van der Waals surface area contributed by atoms with Gasteiger partial charge in [-0.15, -0.1) is 6.58 Å². The summed E-state index contributed by atoms with van der Waals surface area (Å²) in [6, 6.07) is 0. The van der Waals surface area contributed by atoms with E-state index in [0.717, 1.165) is 37.5 Å². The lowest BCUT2D eigenvalue weighted by atomic mass is 9.36. The number of fused-ring (bicyclic) bond motifs is 7. The molecule has 5 fully saturated rings. The first kappa shape index (κ1) is 28.5. The minimum absolute atomic E-state index is 0.0824. The second kappa shape index (κ2) is 10.3. The van der Waals surface area contributed by atoms with E-state index in [0.29, 0.717) is 34.4 Å². The maximum Gasteiger partial charge on any atom is 0.312 e. The molecule has 35 heavy (non-hydrogen) atoms. The first-order valence-electron chi connectivity index (χ1n) is 14.7. The van der Waals surface area contributed by atoms with Gasteiger partial charge in [0.25, 0.3) is 0 Å². The largest absolute Gasteiger partial charge is 0.469 e. The summed E-state index contributed by atoms with van der Waals surface area (Å²) in [6.07, 6.45) is 14.4. The molecular weight excluding hydrogens is 432 g/mol. The van der Waals surface area contributed by atoms with Gasteiger partial charge in [0.05, 0.1) is 12.5 Å². The number of hydrogen-bond acceptors (Lipinski definition) is 3. The molecular formula is C32H54O3. The summed E-state index contributed by atoms with van der Waals surface area (Å²) in [5, 5.41) is 0. The standard InChI is InChI=1S/C27H42O3.C3H6.C2H6/c1-24(2)20-11-14-25(3)18-10-16-27(23(29)30-5)13-6-7-19(27)17(18)8-9-21(25)26(20,4)15-12-22(24)28;1-3-2;1-2/h17-21H,6-16H2,1-5H3;3H,1H2,2H3;1-2H3. The smallest absolute Gasteiger partial charge is 0.312 e. The first-order valence-corrected chi connectivity index (χ1v) is 14.7. The van der Waals surface area contributed by atoms with E-state index in [-0.39, 0.29) is 16.8 Å². The van der Waals surface area contributed by atoms with E-state index in [1.54, 1.807) is 13.2 Å². The van der Waals surface area contributed by atoms with Gasteiger partial charge in [0.1, 0.15) is 5.78 Å². The average molecular weight is 487 g/mol. The van der Waals surface area contributed by atoms with Gasteiger partial charge in [-0.05, 0) is 105 Å². The minimum Gasteiger partial charge on any atom is -0.469 e. The number of esters is 1. The molecule has 5 rings (SSSR count). The molecule has 3 nitrogen and oxygen atoms in total. The molecule has 0 amide bonds. The number of carbonyl (C=O) groups excluding carboxylic acids is 2. The molecule has 0 heterocycles. The quantitative estimate of drug-likeness (QED) is 0.276. The lowest BCUT2D eigenvalue weighted by Crippen LogP contribution is -2.62. The van der Waals surface area contributed by atoms with Crippen molar-refractivity contribution >= 4 is 11.8 Å². The Morgan fingerprint density at radius 3 is 2.17 bits per heavy atom. The zero-order chi connectivity index (χ0) is 26.2. The number of hydrogen-bond donors (Lipinski definition) is 0. The summed E-state index contributed by atoms with van der Waals surface area (Å²) in [7, 11) is 1.59. The van der Waals surface area contributed by atoms with E-state index in [2.05, 4.69) is 34.3 Å². The molecule has 0 spiro atoms. The third-order valence-electron chi connectivity index (χ3n) is 11.9. The van der Waals surface area contributed by atoms with Gasteiger partial charge >= 0.3 is 5.97 Å². The molecule has 0 aromatic heterocycles. The number of allylic oxidation sites excluding steroid dienone is 1. The molecule has 5 aliphatic rings. The molecule has 0 aromatic rings. The molecule has 0 saturated heterocycles. The fourth-order valence-corrected chi connectivity index (χ4v) is 10.6. The summed E-state index contributed by atoms with van der Waals surface area (Å²) in [5.74, 6) is 3.81. The Bertz CT molecular complexity index is 799. The normalized spacial score (nSPS) is 45.0. The molecule has 5 aliphatic carbocycles. The Morgan fingerprint density at radius 2 is 1.54 bits per heavy atom. The van der Waals surface area contributed by atoms with Crippen LogP contribution in [0.5, 0.6) is 0 Å². The lowest BCUT2D eigenvalue weighted by Gasteiger charge is -2.68. The van der Waals surface area contributed by atoms with Crippen molar-refractivity contribution in [3.8, 4) is 0 Å². The lowest BCUT2D eigenvalue weighted by molar-refractivity contribution is -0.200. The van der Waals surface area contributed by atoms with Crippen LogP contribution in [0, 0.1) is 51.2 Å². The number of carbonyl (C=O) groups is 2. The first-order chi connectivity index (χ1) is 16.5. The molecule has 8 unspecified atom stereocenters. The van der Waals surface area contributed by atoms with Crippen molar-refractivity contribution in [2.24, 2.45) is 51.2 Å². The Balaban J connectivity index is 0.000000638. The van der Waals surface area contributed by atoms with Gasteiger partial charge in [-0.3, -0.25) is 9.59 Å². The van der Waals surface area contributed by atoms with Crippen molar-refractivity contribution in [3.05, 3.63) is 12.7 Å². The molecule has 0 bridgehead atoms. The predicted octanol–water partition coefficient (Wildman–Crippen LogP) is 8.41. The van der Waals surface area contributed by atoms with Gasteiger partial charge in [-0.1, -0.05) is 54.0 Å². The number of ketones is 1. The predicted molar refractivity (Wildman–Crippen MR) is 145 cm³/mol. The van der Waals surface area contributed by atoms with Crippen molar-refractivity contribution in [3.63, 3.8) is 0 Å². The van der Waals surface area contributed by atoms with E-state index in [4.69, 9.17) is 4.74 Å². The molecule has 3 heteroatoms. The zero-order valence-electron chi connectivity index (χ0n) is 24.2.